The molecule has 0 aliphatic heterocycles. The van der Waals surface area contributed by atoms with Gasteiger partial charge in [-0.15, -0.1) is 0 Å². The third kappa shape index (κ3) is 5.01. The highest BCUT2D eigenvalue weighted by atomic mass is 16.4. The summed E-state index contributed by atoms with van der Waals surface area (Å²) >= 11 is 0. The van der Waals surface area contributed by atoms with Crippen LogP contribution in [0, 0.1) is 0 Å². The van der Waals surface area contributed by atoms with Crippen LogP contribution >= 0.6 is 0 Å². The van der Waals surface area contributed by atoms with Crippen LogP contribution in [-0.2, 0) is 19.4 Å². The van der Waals surface area contributed by atoms with E-state index in [1.54, 1.807) is 12.1 Å². The Kier molecular flexibility index (Phi) is 6.56. The van der Waals surface area contributed by atoms with Gasteiger partial charge in [0.1, 0.15) is 5.82 Å². The smallest absolute Gasteiger partial charge is 0.336 e. The molecule has 160 valence electrons. The van der Waals surface area contributed by atoms with E-state index in [1.165, 1.54) is 5.56 Å². The largest absolute Gasteiger partial charge is 0.478 e. The van der Waals surface area contributed by atoms with Crippen LogP contribution in [0.2, 0.25) is 0 Å². The van der Waals surface area contributed by atoms with Crippen LogP contribution in [-0.4, -0.2) is 25.8 Å². The fourth-order valence-electron chi connectivity index (χ4n) is 3.66. The highest BCUT2D eigenvalue weighted by Gasteiger charge is 2.12. The predicted octanol–water partition coefficient (Wildman–Crippen LogP) is 5.40. The predicted molar refractivity (Wildman–Crippen MR) is 126 cm³/mol. The maximum Gasteiger partial charge on any atom is 0.336 e. The molecule has 0 radical (unpaired) electrons. The number of rotatable bonds is 8. The summed E-state index contributed by atoms with van der Waals surface area (Å²) in [5.41, 5.74) is 4.16. The molecule has 0 fully saturated rings. The van der Waals surface area contributed by atoms with Crippen molar-refractivity contribution in [3.63, 3.8) is 0 Å². The van der Waals surface area contributed by atoms with Crippen molar-refractivity contribution in [2.75, 3.05) is 0 Å². The van der Waals surface area contributed by atoms with Crippen LogP contribution in [0.25, 0.3) is 11.1 Å². The zero-order valence-electron chi connectivity index (χ0n) is 18.0. The molecule has 32 heavy (non-hydrogen) atoms. The monoisotopic (exact) mass is 423 g/mol. The fraction of sp³-hybridized carbons (Fsp3) is 0.148. The van der Waals surface area contributed by atoms with E-state index >= 15 is 0 Å². The molecule has 0 unspecified atom stereocenters. The Morgan fingerprint density at radius 2 is 1.66 bits per heavy atom. The van der Waals surface area contributed by atoms with E-state index in [1.807, 2.05) is 72.3 Å². The summed E-state index contributed by atoms with van der Waals surface area (Å²) in [5, 5.41) is 14.2. The molecule has 0 atom stereocenters. The first-order valence-electron chi connectivity index (χ1n) is 10.6. The van der Waals surface area contributed by atoms with Gasteiger partial charge < -0.3 is 5.11 Å². The van der Waals surface area contributed by atoms with Gasteiger partial charge in [-0.05, 0) is 35.2 Å². The minimum absolute atomic E-state index is 0.302. The number of nitrogens with zero attached hydrogens (tertiary/aromatic N) is 3. The van der Waals surface area contributed by atoms with E-state index in [-0.39, 0.29) is 0 Å². The third-order valence-corrected chi connectivity index (χ3v) is 5.29. The molecule has 1 aromatic heterocycles. The van der Waals surface area contributed by atoms with Gasteiger partial charge in [-0.1, -0.05) is 84.9 Å². The van der Waals surface area contributed by atoms with E-state index in [4.69, 9.17) is 10.1 Å². The maximum absolute atomic E-state index is 11.5. The molecular weight excluding hydrogens is 398 g/mol. The second-order valence-corrected chi connectivity index (χ2v) is 7.59. The lowest BCUT2D eigenvalue weighted by molar-refractivity contribution is 0.0697. The van der Waals surface area contributed by atoms with E-state index < -0.39 is 5.97 Å². The second kappa shape index (κ2) is 9.88. The number of aromatic carboxylic acids is 1. The van der Waals surface area contributed by atoms with Crippen molar-refractivity contribution < 1.29 is 9.90 Å². The van der Waals surface area contributed by atoms with Crippen molar-refractivity contribution in [1.29, 1.82) is 0 Å². The van der Waals surface area contributed by atoms with Gasteiger partial charge in [-0.3, -0.25) is 0 Å². The number of carboxylic acid groups (broad SMARTS) is 1. The highest BCUT2D eigenvalue weighted by Crippen LogP contribution is 2.24. The summed E-state index contributed by atoms with van der Waals surface area (Å²) in [4.78, 5) is 16.3. The SMILES string of the molecule is C/C=C/Cc1nc(Cc2ccccc2)nn1Cc1ccc(-c2ccccc2C(=O)O)cc1. The fourth-order valence-corrected chi connectivity index (χ4v) is 3.66. The minimum atomic E-state index is -0.924. The Balaban J connectivity index is 1.57. The van der Waals surface area contributed by atoms with Crippen LogP contribution in [0.3, 0.4) is 0 Å². The average Bonchev–Trinajstić information content (AvgIpc) is 3.19. The van der Waals surface area contributed by atoms with Crippen LogP contribution < -0.4 is 0 Å². The second-order valence-electron chi connectivity index (χ2n) is 7.59. The zero-order valence-corrected chi connectivity index (χ0v) is 18.0. The van der Waals surface area contributed by atoms with Crippen molar-refractivity contribution in [3.05, 3.63) is 119 Å². The van der Waals surface area contributed by atoms with E-state index in [0.717, 1.165) is 29.2 Å². The topological polar surface area (TPSA) is 68.0 Å². The van der Waals surface area contributed by atoms with E-state index in [2.05, 4.69) is 18.2 Å². The molecule has 0 saturated heterocycles. The Hall–Kier alpha value is -3.99. The molecule has 5 nitrogen and oxygen atoms in total. The van der Waals surface area contributed by atoms with Gasteiger partial charge in [-0.2, -0.15) is 5.10 Å². The van der Waals surface area contributed by atoms with Crippen LogP contribution in [0.4, 0.5) is 0 Å². The van der Waals surface area contributed by atoms with Crippen molar-refractivity contribution >= 4 is 5.97 Å². The Morgan fingerprint density at radius 3 is 2.38 bits per heavy atom. The standard InChI is InChI=1S/C27H25N3O2/c1-2-3-13-26-28-25(18-20-9-5-4-6-10-20)29-30(26)19-21-14-16-22(17-15-21)23-11-7-8-12-24(23)27(31)32/h2-12,14-17H,13,18-19H2,1H3,(H,31,32)/b3-2+. The molecule has 0 aliphatic rings. The molecule has 0 saturated carbocycles. The van der Waals surface area contributed by atoms with E-state index in [9.17, 15) is 9.90 Å². The third-order valence-electron chi connectivity index (χ3n) is 5.29. The summed E-state index contributed by atoms with van der Waals surface area (Å²) in [6.07, 6.45) is 5.52. The molecular formula is C27H25N3O2. The average molecular weight is 424 g/mol. The van der Waals surface area contributed by atoms with Crippen LogP contribution in [0.1, 0.15) is 40.1 Å². The number of carboxylic acids is 1. The lowest BCUT2D eigenvalue weighted by Crippen LogP contribution is -2.07. The molecule has 3 aromatic carbocycles. The first kappa shape index (κ1) is 21.2. The molecule has 0 aliphatic carbocycles. The molecule has 0 amide bonds. The molecule has 1 heterocycles. The lowest BCUT2D eigenvalue weighted by atomic mass is 9.99. The van der Waals surface area contributed by atoms with Gasteiger partial charge in [0, 0.05) is 12.8 Å². The first-order valence-corrected chi connectivity index (χ1v) is 10.6. The number of benzene rings is 3. The molecule has 5 heteroatoms. The molecule has 1 N–H and O–H groups in total. The summed E-state index contributed by atoms with van der Waals surface area (Å²) < 4.78 is 1.96. The first-order chi connectivity index (χ1) is 15.6. The van der Waals surface area contributed by atoms with Gasteiger partial charge in [0.15, 0.2) is 5.82 Å². The Morgan fingerprint density at radius 1 is 0.938 bits per heavy atom. The Labute approximate surface area is 187 Å². The van der Waals surface area contributed by atoms with Crippen LogP contribution in [0.15, 0.2) is 91.0 Å². The van der Waals surface area contributed by atoms with Gasteiger partial charge in [0.25, 0.3) is 0 Å². The van der Waals surface area contributed by atoms with Crippen LogP contribution in [0.5, 0.6) is 0 Å². The molecule has 0 spiro atoms. The van der Waals surface area contributed by atoms with Gasteiger partial charge >= 0.3 is 5.97 Å². The minimum Gasteiger partial charge on any atom is -0.478 e. The molecule has 0 bridgehead atoms. The van der Waals surface area contributed by atoms with Gasteiger partial charge in [-0.25, -0.2) is 14.5 Å². The number of allylic oxidation sites excluding steroid dienone is 2. The zero-order chi connectivity index (χ0) is 22.3. The summed E-state index contributed by atoms with van der Waals surface area (Å²) in [6, 6.07) is 25.2. The number of carbonyl (C=O) groups is 1. The lowest BCUT2D eigenvalue weighted by Gasteiger charge is -2.09. The van der Waals surface area contributed by atoms with Crippen molar-refractivity contribution in [1.82, 2.24) is 14.8 Å². The highest BCUT2D eigenvalue weighted by molar-refractivity contribution is 5.95. The summed E-state index contributed by atoms with van der Waals surface area (Å²) in [7, 11) is 0. The summed E-state index contributed by atoms with van der Waals surface area (Å²) in [5.74, 6) is 0.809. The quantitative estimate of drug-likeness (QED) is 0.385. The van der Waals surface area contributed by atoms with Gasteiger partial charge in [0.05, 0.1) is 12.1 Å². The number of hydrogen-bond donors (Lipinski definition) is 1. The maximum atomic E-state index is 11.5. The molecule has 4 aromatic rings. The number of hydrogen-bond acceptors (Lipinski definition) is 3. The van der Waals surface area contributed by atoms with E-state index in [0.29, 0.717) is 24.1 Å². The Bertz CT molecular complexity index is 1230. The van der Waals surface area contributed by atoms with Crippen molar-refractivity contribution in [3.8, 4) is 11.1 Å². The number of aromatic nitrogens is 3. The van der Waals surface area contributed by atoms with Crippen molar-refractivity contribution in [2.24, 2.45) is 0 Å². The van der Waals surface area contributed by atoms with Crippen molar-refractivity contribution in [2.45, 2.75) is 26.3 Å². The van der Waals surface area contributed by atoms with Gasteiger partial charge in [0.2, 0.25) is 0 Å². The molecule has 4 rings (SSSR count). The summed E-state index contributed by atoms with van der Waals surface area (Å²) in [6.45, 7) is 2.61. The normalized spacial score (nSPS) is 11.2.